The number of ether oxygens (including phenoxy) is 2. The quantitative estimate of drug-likeness (QED) is 0.612. The summed E-state index contributed by atoms with van der Waals surface area (Å²) in [6, 6.07) is 12.3. The van der Waals surface area contributed by atoms with Gasteiger partial charge in [0.1, 0.15) is 6.61 Å². The lowest BCUT2D eigenvalue weighted by Gasteiger charge is -2.16. The van der Waals surface area contributed by atoms with Crippen LogP contribution in [0, 0.1) is 0 Å². The summed E-state index contributed by atoms with van der Waals surface area (Å²) in [4.78, 5) is 16.8. The number of hydrogen-bond acceptors (Lipinski definition) is 5. The Bertz CT molecular complexity index is 898. The number of nitrogens with one attached hydrogen (secondary N) is 1. The first-order valence-corrected chi connectivity index (χ1v) is 9.63. The van der Waals surface area contributed by atoms with Crippen LogP contribution in [-0.4, -0.2) is 18.0 Å². The van der Waals surface area contributed by atoms with Crippen molar-refractivity contribution in [2.45, 2.75) is 19.6 Å². The van der Waals surface area contributed by atoms with Gasteiger partial charge in [0.15, 0.2) is 11.5 Å². The van der Waals surface area contributed by atoms with E-state index in [1.165, 1.54) is 11.3 Å². The summed E-state index contributed by atoms with van der Waals surface area (Å²) in [5, 5.41) is 5.56. The number of carbonyl (C=O) groups excluding carboxylic acids is 1. The van der Waals surface area contributed by atoms with E-state index in [0.717, 1.165) is 11.3 Å². The van der Waals surface area contributed by atoms with Crippen LogP contribution >= 0.6 is 22.9 Å². The van der Waals surface area contributed by atoms with Crippen molar-refractivity contribution >= 4 is 28.8 Å². The second kappa shape index (κ2) is 8.88. The molecule has 1 N–H and O–H groups in total. The Labute approximate surface area is 166 Å². The zero-order valence-electron chi connectivity index (χ0n) is 14.9. The molecule has 0 saturated heterocycles. The summed E-state index contributed by atoms with van der Waals surface area (Å²) >= 11 is 7.42. The maximum atomic E-state index is 12.6. The minimum absolute atomic E-state index is 0.152. The minimum Gasteiger partial charge on any atom is -0.493 e. The molecular formula is C20H19ClN2O3S. The van der Waals surface area contributed by atoms with Crippen LogP contribution in [0.2, 0.25) is 5.02 Å². The van der Waals surface area contributed by atoms with Crippen molar-refractivity contribution in [3.8, 4) is 11.5 Å². The van der Waals surface area contributed by atoms with Gasteiger partial charge >= 0.3 is 0 Å². The molecule has 27 heavy (non-hydrogen) atoms. The molecule has 0 unspecified atom stereocenters. The Morgan fingerprint density at radius 2 is 2.00 bits per heavy atom. The fourth-order valence-electron chi connectivity index (χ4n) is 2.50. The number of rotatable bonds is 7. The molecular weight excluding hydrogens is 384 g/mol. The summed E-state index contributed by atoms with van der Waals surface area (Å²) in [6.45, 7) is 2.27. The number of hydrogen-bond donors (Lipinski definition) is 1. The average molecular weight is 403 g/mol. The summed E-state index contributed by atoms with van der Waals surface area (Å²) in [5.41, 5.74) is 4.07. The van der Waals surface area contributed by atoms with E-state index in [1.807, 2.05) is 24.4 Å². The maximum Gasteiger partial charge on any atom is 0.251 e. The molecule has 0 aliphatic heterocycles. The molecule has 1 aromatic heterocycles. The Morgan fingerprint density at radius 3 is 2.67 bits per heavy atom. The van der Waals surface area contributed by atoms with Crippen molar-refractivity contribution in [2.24, 2.45) is 0 Å². The van der Waals surface area contributed by atoms with Crippen LogP contribution in [0.25, 0.3) is 0 Å². The third-order valence-corrected chi connectivity index (χ3v) is 4.89. The van der Waals surface area contributed by atoms with E-state index >= 15 is 0 Å². The molecule has 5 nitrogen and oxygen atoms in total. The smallest absolute Gasteiger partial charge is 0.251 e. The summed E-state index contributed by atoms with van der Waals surface area (Å²) in [6.07, 6.45) is 0. The molecule has 1 atom stereocenters. The highest BCUT2D eigenvalue weighted by Crippen LogP contribution is 2.29. The van der Waals surface area contributed by atoms with E-state index in [0.29, 0.717) is 28.7 Å². The molecule has 0 aliphatic rings. The number of halogens is 1. The van der Waals surface area contributed by atoms with Gasteiger partial charge in [0.25, 0.3) is 5.91 Å². The lowest BCUT2D eigenvalue weighted by Crippen LogP contribution is -2.26. The van der Waals surface area contributed by atoms with Crippen molar-refractivity contribution in [3.63, 3.8) is 0 Å². The van der Waals surface area contributed by atoms with Gasteiger partial charge in [-0.25, -0.2) is 4.98 Å². The van der Waals surface area contributed by atoms with Crippen LogP contribution in [0.3, 0.4) is 0 Å². The van der Waals surface area contributed by atoms with Gasteiger partial charge in [-0.1, -0.05) is 23.7 Å². The van der Waals surface area contributed by atoms with Crippen LogP contribution in [0.5, 0.6) is 11.5 Å². The van der Waals surface area contributed by atoms with Crippen molar-refractivity contribution < 1.29 is 14.3 Å². The highest BCUT2D eigenvalue weighted by Gasteiger charge is 2.14. The standard InChI is InChI=1S/C20H19ClN2O3S/c1-13(14-3-6-16(21)7-4-14)23-20(24)15-5-8-18(19(9-15)25-2)26-10-17-11-27-12-22-17/h3-9,11-13H,10H2,1-2H3,(H,23,24)/t13-/m1/s1. The lowest BCUT2D eigenvalue weighted by atomic mass is 10.1. The molecule has 140 valence electrons. The molecule has 1 heterocycles. The monoisotopic (exact) mass is 402 g/mol. The van der Waals surface area contributed by atoms with Crippen LogP contribution < -0.4 is 14.8 Å². The largest absolute Gasteiger partial charge is 0.493 e. The number of benzene rings is 2. The zero-order chi connectivity index (χ0) is 19.2. The van der Waals surface area contributed by atoms with Crippen molar-refractivity contribution in [3.05, 3.63) is 75.2 Å². The fraction of sp³-hybridized carbons (Fsp3) is 0.200. The van der Waals surface area contributed by atoms with Gasteiger partial charge in [-0.3, -0.25) is 4.79 Å². The Kier molecular flexibility index (Phi) is 6.32. The Hall–Kier alpha value is -2.57. The van der Waals surface area contributed by atoms with Gasteiger partial charge in [-0.15, -0.1) is 11.3 Å². The predicted molar refractivity (Wildman–Crippen MR) is 107 cm³/mol. The highest BCUT2D eigenvalue weighted by molar-refractivity contribution is 7.07. The van der Waals surface area contributed by atoms with Gasteiger partial charge in [-0.05, 0) is 42.8 Å². The Balaban J connectivity index is 1.68. The van der Waals surface area contributed by atoms with E-state index in [1.54, 1.807) is 43.0 Å². The molecule has 7 heteroatoms. The van der Waals surface area contributed by atoms with E-state index in [9.17, 15) is 4.79 Å². The maximum absolute atomic E-state index is 12.6. The minimum atomic E-state index is -0.193. The van der Waals surface area contributed by atoms with Crippen molar-refractivity contribution in [1.82, 2.24) is 10.3 Å². The summed E-state index contributed by atoms with van der Waals surface area (Å²) in [5.74, 6) is 0.867. The molecule has 0 spiro atoms. The second-order valence-electron chi connectivity index (χ2n) is 5.88. The van der Waals surface area contributed by atoms with Crippen LogP contribution in [-0.2, 0) is 6.61 Å². The third kappa shape index (κ3) is 4.99. The number of carbonyl (C=O) groups is 1. The molecule has 1 amide bonds. The van der Waals surface area contributed by atoms with Crippen molar-refractivity contribution in [1.29, 1.82) is 0 Å². The second-order valence-corrected chi connectivity index (χ2v) is 7.04. The Morgan fingerprint density at radius 1 is 1.22 bits per heavy atom. The third-order valence-electron chi connectivity index (χ3n) is 4.00. The molecule has 3 rings (SSSR count). The first kappa shape index (κ1) is 19.2. The predicted octanol–water partition coefficient (Wildman–Crippen LogP) is 4.88. The SMILES string of the molecule is COc1cc(C(=O)N[C@H](C)c2ccc(Cl)cc2)ccc1OCc1cscn1. The average Bonchev–Trinajstić information content (AvgIpc) is 3.20. The van der Waals surface area contributed by atoms with Crippen LogP contribution in [0.15, 0.2) is 53.4 Å². The summed E-state index contributed by atoms with van der Waals surface area (Å²) in [7, 11) is 1.54. The van der Waals surface area contributed by atoms with Crippen LogP contribution in [0.1, 0.15) is 34.6 Å². The highest BCUT2D eigenvalue weighted by atomic mass is 35.5. The molecule has 0 aliphatic carbocycles. The van der Waals surface area contributed by atoms with Gasteiger partial charge in [-0.2, -0.15) is 0 Å². The topological polar surface area (TPSA) is 60.5 Å². The molecule has 0 fully saturated rings. The van der Waals surface area contributed by atoms with E-state index in [-0.39, 0.29) is 11.9 Å². The van der Waals surface area contributed by atoms with Gasteiger partial charge in [0.2, 0.25) is 0 Å². The molecule has 3 aromatic rings. The number of methoxy groups -OCH3 is 1. The lowest BCUT2D eigenvalue weighted by molar-refractivity contribution is 0.0939. The molecule has 0 bridgehead atoms. The van der Waals surface area contributed by atoms with Gasteiger partial charge < -0.3 is 14.8 Å². The van der Waals surface area contributed by atoms with Crippen LogP contribution in [0.4, 0.5) is 0 Å². The number of amides is 1. The number of aromatic nitrogens is 1. The van der Waals surface area contributed by atoms with E-state index in [4.69, 9.17) is 21.1 Å². The molecule has 0 saturated carbocycles. The first-order chi connectivity index (χ1) is 13.1. The van der Waals surface area contributed by atoms with Crippen molar-refractivity contribution in [2.75, 3.05) is 7.11 Å². The molecule has 2 aromatic carbocycles. The zero-order valence-corrected chi connectivity index (χ0v) is 16.5. The first-order valence-electron chi connectivity index (χ1n) is 8.31. The summed E-state index contributed by atoms with van der Waals surface area (Å²) < 4.78 is 11.1. The van der Waals surface area contributed by atoms with Gasteiger partial charge in [0, 0.05) is 16.0 Å². The van der Waals surface area contributed by atoms with E-state index < -0.39 is 0 Å². The van der Waals surface area contributed by atoms with Gasteiger partial charge in [0.05, 0.1) is 24.4 Å². The number of thiazole rings is 1. The molecule has 0 radical (unpaired) electrons. The fourth-order valence-corrected chi connectivity index (χ4v) is 3.17. The van der Waals surface area contributed by atoms with E-state index in [2.05, 4.69) is 10.3 Å². The normalized spacial score (nSPS) is 11.7. The number of nitrogens with zero attached hydrogens (tertiary/aromatic N) is 1.